The average Bonchev–Trinajstić information content (AvgIpc) is 2.87. The van der Waals surface area contributed by atoms with Crippen molar-refractivity contribution in [3.05, 3.63) is 18.2 Å². The normalized spacial score (nSPS) is 20.7. The summed E-state index contributed by atoms with van der Waals surface area (Å²) < 4.78 is 35.7. The Labute approximate surface area is 115 Å². The summed E-state index contributed by atoms with van der Waals surface area (Å²) in [4.78, 5) is 0.212. The minimum absolute atomic E-state index is 0.0550. The molecule has 3 rings (SSSR count). The van der Waals surface area contributed by atoms with E-state index < -0.39 is 10.0 Å². The second-order valence-corrected chi connectivity index (χ2v) is 6.76. The van der Waals surface area contributed by atoms with Crippen LogP contribution in [0.25, 0.3) is 11.0 Å². The molecule has 1 fully saturated rings. The molecule has 0 aliphatic carbocycles. The standard InChI is InChI=1S/C11H14N4O2S2/c16-19(17,15-8-3-2-6-12-7-8)10-5-1-4-9-11(10)14-18-13-9/h1,4-5,8,12,15H,2-3,6-7H2. The minimum Gasteiger partial charge on any atom is -0.315 e. The minimum atomic E-state index is -3.54. The van der Waals surface area contributed by atoms with Gasteiger partial charge in [-0.1, -0.05) is 6.07 Å². The summed E-state index contributed by atoms with van der Waals surface area (Å²) in [5.74, 6) is 0. The molecule has 102 valence electrons. The van der Waals surface area contributed by atoms with Crippen molar-refractivity contribution in [1.82, 2.24) is 18.8 Å². The predicted octanol–water partition coefficient (Wildman–Crippen LogP) is 0.722. The maximum absolute atomic E-state index is 12.4. The lowest BCUT2D eigenvalue weighted by Crippen LogP contribution is -2.45. The Hall–Kier alpha value is -1.09. The molecule has 0 spiro atoms. The number of hydrogen-bond acceptors (Lipinski definition) is 6. The molecule has 1 unspecified atom stereocenters. The van der Waals surface area contributed by atoms with Crippen LogP contribution in [0.3, 0.4) is 0 Å². The lowest BCUT2D eigenvalue weighted by molar-refractivity contribution is 0.429. The van der Waals surface area contributed by atoms with E-state index in [0.29, 0.717) is 17.6 Å². The van der Waals surface area contributed by atoms with Gasteiger partial charge < -0.3 is 5.32 Å². The van der Waals surface area contributed by atoms with Gasteiger partial charge in [0.15, 0.2) is 0 Å². The molecule has 0 radical (unpaired) electrons. The molecule has 2 aromatic rings. The maximum atomic E-state index is 12.4. The molecule has 1 aliphatic heterocycles. The highest BCUT2D eigenvalue weighted by molar-refractivity contribution is 7.89. The molecule has 1 aromatic heterocycles. The van der Waals surface area contributed by atoms with E-state index in [1.165, 1.54) is 0 Å². The highest BCUT2D eigenvalue weighted by atomic mass is 32.2. The molecule has 1 aliphatic rings. The third kappa shape index (κ3) is 2.62. The summed E-state index contributed by atoms with van der Waals surface area (Å²) in [6.45, 7) is 1.62. The number of aromatic nitrogens is 2. The van der Waals surface area contributed by atoms with Crippen LogP contribution in [0.15, 0.2) is 23.1 Å². The number of sulfonamides is 1. The van der Waals surface area contributed by atoms with Crippen molar-refractivity contribution < 1.29 is 8.42 Å². The Morgan fingerprint density at radius 1 is 1.37 bits per heavy atom. The SMILES string of the molecule is O=S(=O)(NC1CCCNC1)c1cccc2nsnc12. The summed E-state index contributed by atoms with van der Waals surface area (Å²) in [5.41, 5.74) is 1.07. The molecule has 2 heterocycles. The largest absolute Gasteiger partial charge is 0.315 e. The Bertz CT molecular complexity index is 677. The highest BCUT2D eigenvalue weighted by Gasteiger charge is 2.24. The Morgan fingerprint density at radius 2 is 2.26 bits per heavy atom. The van der Waals surface area contributed by atoms with Gasteiger partial charge in [-0.25, -0.2) is 13.1 Å². The summed E-state index contributed by atoms with van der Waals surface area (Å²) in [6, 6.07) is 4.97. The monoisotopic (exact) mass is 298 g/mol. The van der Waals surface area contributed by atoms with Gasteiger partial charge in [-0.3, -0.25) is 0 Å². The highest BCUT2D eigenvalue weighted by Crippen LogP contribution is 2.21. The number of rotatable bonds is 3. The second kappa shape index (κ2) is 5.12. The molecule has 0 saturated carbocycles. The molecule has 2 N–H and O–H groups in total. The van der Waals surface area contributed by atoms with E-state index in [9.17, 15) is 8.42 Å². The van der Waals surface area contributed by atoms with Crippen molar-refractivity contribution in [1.29, 1.82) is 0 Å². The Morgan fingerprint density at radius 3 is 3.05 bits per heavy atom. The van der Waals surface area contributed by atoms with Crippen LogP contribution >= 0.6 is 11.7 Å². The van der Waals surface area contributed by atoms with Crippen molar-refractivity contribution in [2.24, 2.45) is 0 Å². The number of piperidine rings is 1. The number of benzene rings is 1. The van der Waals surface area contributed by atoms with Crippen molar-refractivity contribution in [2.75, 3.05) is 13.1 Å². The van der Waals surface area contributed by atoms with Gasteiger partial charge in [0.05, 0.1) is 11.7 Å². The maximum Gasteiger partial charge on any atom is 0.243 e. The lowest BCUT2D eigenvalue weighted by atomic mass is 10.1. The second-order valence-electron chi connectivity index (χ2n) is 4.55. The van der Waals surface area contributed by atoms with Crippen molar-refractivity contribution >= 4 is 32.8 Å². The summed E-state index contributed by atoms with van der Waals surface area (Å²) >= 11 is 1.02. The fourth-order valence-electron chi connectivity index (χ4n) is 2.23. The van der Waals surface area contributed by atoms with Gasteiger partial charge in [-0.15, -0.1) is 0 Å². The lowest BCUT2D eigenvalue weighted by Gasteiger charge is -2.23. The van der Waals surface area contributed by atoms with Crippen LogP contribution in [-0.4, -0.2) is 36.3 Å². The number of hydrogen-bond donors (Lipinski definition) is 2. The van der Waals surface area contributed by atoms with E-state index in [-0.39, 0.29) is 10.9 Å². The summed E-state index contributed by atoms with van der Waals surface area (Å²) in [5, 5.41) is 3.19. The van der Waals surface area contributed by atoms with Gasteiger partial charge in [-0.05, 0) is 31.5 Å². The first-order chi connectivity index (χ1) is 9.17. The van der Waals surface area contributed by atoms with Gasteiger partial charge in [0.25, 0.3) is 0 Å². The van der Waals surface area contributed by atoms with Gasteiger partial charge in [0.2, 0.25) is 10.0 Å². The van der Waals surface area contributed by atoms with Crippen LogP contribution < -0.4 is 10.0 Å². The topological polar surface area (TPSA) is 84.0 Å². The van der Waals surface area contributed by atoms with Crippen LogP contribution in [-0.2, 0) is 10.0 Å². The van der Waals surface area contributed by atoms with Crippen molar-refractivity contribution in [2.45, 2.75) is 23.8 Å². The van der Waals surface area contributed by atoms with Gasteiger partial charge in [0.1, 0.15) is 15.9 Å². The number of nitrogens with one attached hydrogen (secondary N) is 2. The van der Waals surface area contributed by atoms with Crippen molar-refractivity contribution in [3.8, 4) is 0 Å². The zero-order valence-corrected chi connectivity index (χ0v) is 11.8. The molecule has 0 amide bonds. The van der Waals surface area contributed by atoms with Crippen LogP contribution in [0.2, 0.25) is 0 Å². The molecule has 6 nitrogen and oxygen atoms in total. The smallest absolute Gasteiger partial charge is 0.243 e. The number of nitrogens with zero attached hydrogens (tertiary/aromatic N) is 2. The third-order valence-corrected chi connectivity index (χ3v) is 5.25. The van der Waals surface area contributed by atoms with E-state index in [4.69, 9.17) is 0 Å². The van der Waals surface area contributed by atoms with Gasteiger partial charge in [0, 0.05) is 12.6 Å². The quantitative estimate of drug-likeness (QED) is 0.872. The zero-order valence-electron chi connectivity index (χ0n) is 10.2. The molecule has 19 heavy (non-hydrogen) atoms. The first kappa shape index (κ1) is 12.9. The molecular weight excluding hydrogens is 284 g/mol. The average molecular weight is 298 g/mol. The predicted molar refractivity (Wildman–Crippen MR) is 73.6 cm³/mol. The van der Waals surface area contributed by atoms with Crippen LogP contribution in [0.5, 0.6) is 0 Å². The van der Waals surface area contributed by atoms with Gasteiger partial charge in [-0.2, -0.15) is 8.75 Å². The van der Waals surface area contributed by atoms with Gasteiger partial charge >= 0.3 is 0 Å². The molecule has 1 atom stereocenters. The fraction of sp³-hybridized carbons (Fsp3) is 0.455. The molecule has 1 aromatic carbocycles. The first-order valence-electron chi connectivity index (χ1n) is 6.11. The van der Waals surface area contributed by atoms with E-state index in [0.717, 1.165) is 31.1 Å². The Kier molecular flexibility index (Phi) is 3.48. The molecular formula is C11H14N4O2S2. The third-order valence-electron chi connectivity index (χ3n) is 3.16. The summed E-state index contributed by atoms with van der Waals surface area (Å²) in [6.07, 6.45) is 1.84. The van der Waals surface area contributed by atoms with E-state index >= 15 is 0 Å². The van der Waals surface area contributed by atoms with Crippen molar-refractivity contribution in [3.63, 3.8) is 0 Å². The van der Waals surface area contributed by atoms with E-state index in [1.54, 1.807) is 18.2 Å². The summed E-state index contributed by atoms with van der Waals surface area (Å²) in [7, 11) is -3.54. The number of fused-ring (bicyclic) bond motifs is 1. The van der Waals surface area contributed by atoms with E-state index in [2.05, 4.69) is 18.8 Å². The fourth-order valence-corrected chi connectivity index (χ4v) is 4.27. The molecule has 8 heteroatoms. The zero-order chi connectivity index (χ0) is 13.3. The Balaban J connectivity index is 1.93. The van der Waals surface area contributed by atoms with E-state index in [1.807, 2.05) is 0 Å². The van der Waals surface area contributed by atoms with Crippen LogP contribution in [0.4, 0.5) is 0 Å². The first-order valence-corrected chi connectivity index (χ1v) is 8.32. The van der Waals surface area contributed by atoms with Crippen LogP contribution in [0, 0.1) is 0 Å². The molecule has 0 bridgehead atoms. The molecule has 1 saturated heterocycles. The van der Waals surface area contributed by atoms with Crippen LogP contribution in [0.1, 0.15) is 12.8 Å².